The van der Waals surface area contributed by atoms with E-state index in [4.69, 9.17) is 42.6 Å². The molecule has 0 aromatic carbocycles. The van der Waals surface area contributed by atoms with Crippen molar-refractivity contribution in [3.05, 3.63) is 34.9 Å². The predicted octanol–water partition coefficient (Wildman–Crippen LogP) is 8.55. The summed E-state index contributed by atoms with van der Waals surface area (Å²) in [5.74, 6) is 0.638. The van der Waals surface area contributed by atoms with Crippen molar-refractivity contribution in [3.8, 4) is 0 Å². The summed E-state index contributed by atoms with van der Waals surface area (Å²) in [5.41, 5.74) is 2.39. The fourth-order valence-electron chi connectivity index (χ4n) is 12.0. The third-order valence-electron chi connectivity index (χ3n) is 15.9. The fraction of sp³-hybridized carbons (Fsp3) is 0.827. The number of hydrogen-bond acceptors (Lipinski definition) is 12. The molecular formula is C52H84O12. The minimum absolute atomic E-state index is 0. The zero-order chi connectivity index (χ0) is 45.4. The molecule has 364 valence electrons. The monoisotopic (exact) mass is 901 g/mol. The van der Waals surface area contributed by atoms with Gasteiger partial charge in [0.1, 0.15) is 51.9 Å². The Kier molecular flexibility index (Phi) is 15.8. The molecular weight excluding hydrogens is 817 g/mol. The summed E-state index contributed by atoms with van der Waals surface area (Å²) in [7, 11) is 4.87. The van der Waals surface area contributed by atoms with Crippen LogP contribution in [-0.4, -0.2) is 129 Å². The van der Waals surface area contributed by atoms with E-state index in [-0.39, 0.29) is 120 Å². The Labute approximate surface area is 385 Å². The number of allylic oxidation sites excluding steroid dienone is 3. The van der Waals surface area contributed by atoms with E-state index in [9.17, 15) is 14.4 Å². The fourth-order valence-corrected chi connectivity index (χ4v) is 12.0. The van der Waals surface area contributed by atoms with E-state index in [0.29, 0.717) is 6.42 Å². The Morgan fingerprint density at radius 3 is 1.11 bits per heavy atom. The molecule has 6 saturated heterocycles. The molecule has 0 bridgehead atoms. The van der Waals surface area contributed by atoms with E-state index in [2.05, 4.69) is 80.5 Å². The first-order chi connectivity index (χ1) is 29.1. The molecule has 6 aliphatic heterocycles. The Balaban J connectivity index is 0.000000178. The first-order valence-electron chi connectivity index (χ1n) is 23.1. The van der Waals surface area contributed by atoms with Crippen molar-refractivity contribution < 1.29 is 57.0 Å². The number of methoxy groups -OCH3 is 3. The molecule has 64 heavy (non-hydrogen) atoms. The molecule has 6 heterocycles. The van der Waals surface area contributed by atoms with Crippen LogP contribution < -0.4 is 0 Å². The lowest BCUT2D eigenvalue weighted by atomic mass is 9.66. The molecule has 0 aromatic rings. The van der Waals surface area contributed by atoms with Crippen molar-refractivity contribution >= 4 is 17.3 Å². The van der Waals surface area contributed by atoms with Gasteiger partial charge in [-0.3, -0.25) is 14.4 Å². The number of Topliss-reactive ketones (excluding diaryl/α,β-unsaturated/α-hetero) is 3. The molecule has 0 amide bonds. The summed E-state index contributed by atoms with van der Waals surface area (Å²) in [5, 5.41) is 0. The second-order valence-corrected chi connectivity index (χ2v) is 21.4. The zero-order valence-corrected chi connectivity index (χ0v) is 40.1. The molecule has 0 radical (unpaired) electrons. The van der Waals surface area contributed by atoms with Crippen molar-refractivity contribution in [1.82, 2.24) is 0 Å². The van der Waals surface area contributed by atoms with Crippen LogP contribution in [0.3, 0.4) is 0 Å². The first-order valence-corrected chi connectivity index (χ1v) is 23.1. The van der Waals surface area contributed by atoms with Gasteiger partial charge in [0.2, 0.25) is 0 Å². The van der Waals surface area contributed by atoms with Crippen molar-refractivity contribution in [2.75, 3.05) is 41.2 Å². The highest BCUT2D eigenvalue weighted by Crippen LogP contribution is 2.62. The number of ketones is 3. The van der Waals surface area contributed by atoms with Gasteiger partial charge >= 0.3 is 0 Å². The number of ether oxygens (including phenoxy) is 9. The van der Waals surface area contributed by atoms with Crippen molar-refractivity contribution in [3.63, 3.8) is 0 Å². The van der Waals surface area contributed by atoms with Gasteiger partial charge in [-0.05, 0) is 101 Å². The maximum absolute atomic E-state index is 12.5. The number of rotatable bonds is 12. The van der Waals surface area contributed by atoms with Crippen LogP contribution >= 0.6 is 0 Å². The summed E-state index contributed by atoms with van der Waals surface area (Å²) >= 11 is 0. The number of epoxide rings is 6. The number of hydrogen-bond donors (Lipinski definition) is 0. The highest BCUT2D eigenvalue weighted by Gasteiger charge is 2.75. The standard InChI is InChI=1S/2C17H26O4.C16H24O4.2CH4/c2*1-10(2)6-7-12-16(4,21-12)15-14(19-5)13(18)11(3)8-17(15)9-20-17;1-10(2)5-6-12-15(3,20-12)14-13(18-4)11(17)7-8-16(14)9-19-16;;/h2*6,11-12,14-15H,7-9H2,1-5H3;5,12-14H,6-9H2,1-4H3;2*1H4/t11?,12-,14-,15?,16+,17+;11?,12-,14-,15-,16+,17+;12-,13-,14?,15+,16+;;/m111../s1. The third kappa shape index (κ3) is 9.89. The Bertz CT molecular complexity index is 1720. The summed E-state index contributed by atoms with van der Waals surface area (Å²) in [6.07, 6.45) is 11.6. The second-order valence-electron chi connectivity index (χ2n) is 21.4. The van der Waals surface area contributed by atoms with Gasteiger partial charge in [-0.2, -0.15) is 0 Å². The summed E-state index contributed by atoms with van der Waals surface area (Å²) in [4.78, 5) is 37.1. The average molecular weight is 901 g/mol. The molecule has 12 heteroatoms. The molecule has 3 spiro atoms. The van der Waals surface area contributed by atoms with E-state index in [1.54, 1.807) is 21.3 Å². The van der Waals surface area contributed by atoms with Gasteiger partial charge in [-0.15, -0.1) is 0 Å². The van der Waals surface area contributed by atoms with Crippen LogP contribution in [0.15, 0.2) is 34.9 Å². The van der Waals surface area contributed by atoms with Crippen LogP contribution in [0.25, 0.3) is 0 Å². The maximum atomic E-state index is 12.5. The van der Waals surface area contributed by atoms with Crippen LogP contribution in [0.2, 0.25) is 0 Å². The van der Waals surface area contributed by atoms with Crippen LogP contribution in [-0.2, 0) is 57.0 Å². The van der Waals surface area contributed by atoms with Gasteiger partial charge in [0.15, 0.2) is 17.3 Å². The van der Waals surface area contributed by atoms with Crippen molar-refractivity contribution in [1.29, 1.82) is 0 Å². The smallest absolute Gasteiger partial charge is 0.164 e. The maximum Gasteiger partial charge on any atom is 0.164 e. The van der Waals surface area contributed by atoms with E-state index in [0.717, 1.165) is 58.3 Å². The van der Waals surface area contributed by atoms with E-state index in [1.165, 1.54) is 16.7 Å². The Morgan fingerprint density at radius 1 is 0.547 bits per heavy atom. The summed E-state index contributed by atoms with van der Waals surface area (Å²) in [6, 6.07) is 0. The normalized spacial score (nSPS) is 46.2. The predicted molar refractivity (Wildman–Crippen MR) is 246 cm³/mol. The molecule has 9 aliphatic rings. The Hall–Kier alpha value is -2.13. The molecule has 0 N–H and O–H groups in total. The van der Waals surface area contributed by atoms with Gasteiger partial charge in [-0.1, -0.05) is 63.6 Å². The molecule has 9 fully saturated rings. The lowest BCUT2D eigenvalue weighted by Gasteiger charge is -2.40. The molecule has 0 aromatic heterocycles. The topological polar surface area (TPSA) is 154 Å². The average Bonchev–Trinajstić information content (AvgIpc) is 3.95. The number of carbonyl (C=O) groups excluding carboxylic acids is 3. The largest absolute Gasteiger partial charge is 0.373 e. The van der Waals surface area contributed by atoms with E-state index < -0.39 is 12.2 Å². The van der Waals surface area contributed by atoms with Crippen LogP contribution in [0.4, 0.5) is 0 Å². The lowest BCUT2D eigenvalue weighted by Crippen LogP contribution is -2.55. The van der Waals surface area contributed by atoms with Crippen molar-refractivity contribution in [2.45, 2.75) is 206 Å². The molecule has 12 nitrogen and oxygen atoms in total. The molecule has 3 aliphatic carbocycles. The highest BCUT2D eigenvalue weighted by molar-refractivity contribution is 5.88. The molecule has 4 unspecified atom stereocenters. The van der Waals surface area contributed by atoms with Gasteiger partial charge in [-0.25, -0.2) is 0 Å². The van der Waals surface area contributed by atoms with Crippen molar-refractivity contribution in [2.24, 2.45) is 29.6 Å². The third-order valence-corrected chi connectivity index (χ3v) is 15.9. The minimum Gasteiger partial charge on any atom is -0.373 e. The van der Waals surface area contributed by atoms with Gasteiger partial charge in [0, 0.05) is 39.6 Å². The molecule has 17 atom stereocenters. The SMILES string of the molecule is C.C.CO[C@@H]1C(=O)C(C)C[C@]2(CO2)C1[C@@]1(C)O[C@@H]1CC=C(C)C.CO[C@@H]1C(=O)C(C)C[C@]2(CO2)[C@H]1[C@@]1(C)O[C@@H]1CC=C(C)C.CO[C@@H]1C(=O)CC[C@]2(CO2)C1[C@@]1(C)O[C@@H]1CC=C(C)C. The van der Waals surface area contributed by atoms with Crippen LogP contribution in [0.1, 0.15) is 136 Å². The summed E-state index contributed by atoms with van der Waals surface area (Å²) in [6.45, 7) is 25.0. The summed E-state index contributed by atoms with van der Waals surface area (Å²) < 4.78 is 52.1. The number of carbonyl (C=O) groups is 3. The first kappa shape index (κ1) is 52.8. The molecule has 9 rings (SSSR count). The zero-order valence-electron chi connectivity index (χ0n) is 40.1. The van der Waals surface area contributed by atoms with Crippen LogP contribution in [0.5, 0.6) is 0 Å². The molecule has 3 saturated carbocycles. The van der Waals surface area contributed by atoms with Gasteiger partial charge in [0.25, 0.3) is 0 Å². The lowest BCUT2D eigenvalue weighted by molar-refractivity contribution is -0.148. The van der Waals surface area contributed by atoms with Crippen LogP contribution in [0, 0.1) is 29.6 Å². The minimum atomic E-state index is -0.405. The Morgan fingerprint density at radius 2 is 0.844 bits per heavy atom. The highest BCUT2D eigenvalue weighted by atomic mass is 16.6. The second kappa shape index (κ2) is 19.1. The quantitative estimate of drug-likeness (QED) is 0.136. The van der Waals surface area contributed by atoms with Gasteiger partial charge in [0.05, 0.1) is 55.9 Å². The van der Waals surface area contributed by atoms with Gasteiger partial charge < -0.3 is 42.6 Å². The van der Waals surface area contributed by atoms with E-state index in [1.807, 2.05) is 13.8 Å². The van der Waals surface area contributed by atoms with E-state index >= 15 is 0 Å².